The Hall–Kier alpha value is -2.76. The standard InChI is InChI=1S/C19H21N3O6S2/c1-9-11(3)29-18-15(9)17(23)21-16(22-18)10(2)28-19(24)12-6-7-13(27-5)14(8-12)30(25,26)20-4/h6-8,10,20H,1-5H3,(H,21,22,23)/t10-/m0/s1. The lowest BCUT2D eigenvalue weighted by atomic mass is 10.2. The highest BCUT2D eigenvalue weighted by atomic mass is 32.2. The minimum atomic E-state index is -3.85. The van der Waals surface area contributed by atoms with Crippen LogP contribution in [0.25, 0.3) is 10.2 Å². The number of carbonyl (C=O) groups excluding carboxylic acids is 1. The zero-order valence-corrected chi connectivity index (χ0v) is 18.7. The van der Waals surface area contributed by atoms with Crippen LogP contribution in [0.1, 0.15) is 39.7 Å². The molecule has 3 aromatic rings. The van der Waals surface area contributed by atoms with Gasteiger partial charge in [-0.05, 0) is 51.6 Å². The molecule has 160 valence electrons. The smallest absolute Gasteiger partial charge is 0.338 e. The summed E-state index contributed by atoms with van der Waals surface area (Å²) in [7, 11) is -1.26. The van der Waals surface area contributed by atoms with Crippen molar-refractivity contribution in [3.8, 4) is 5.75 Å². The topological polar surface area (TPSA) is 127 Å². The maximum Gasteiger partial charge on any atom is 0.338 e. The predicted octanol–water partition coefficient (Wildman–Crippen LogP) is 2.44. The van der Waals surface area contributed by atoms with Crippen molar-refractivity contribution in [1.82, 2.24) is 14.7 Å². The van der Waals surface area contributed by atoms with Crippen LogP contribution >= 0.6 is 11.3 Å². The van der Waals surface area contributed by atoms with Crippen LogP contribution < -0.4 is 15.0 Å². The van der Waals surface area contributed by atoms with Crippen LogP contribution in [-0.4, -0.2) is 38.5 Å². The molecule has 0 aliphatic rings. The molecule has 9 nitrogen and oxygen atoms in total. The van der Waals surface area contributed by atoms with Crippen molar-refractivity contribution in [3.63, 3.8) is 0 Å². The molecule has 3 rings (SSSR count). The summed E-state index contributed by atoms with van der Waals surface area (Å²) >= 11 is 1.39. The number of H-pyrrole nitrogens is 1. The Balaban J connectivity index is 1.92. The molecule has 1 atom stereocenters. The van der Waals surface area contributed by atoms with Crippen LogP contribution in [0.2, 0.25) is 0 Å². The number of nitrogens with one attached hydrogen (secondary N) is 2. The van der Waals surface area contributed by atoms with Gasteiger partial charge in [0.25, 0.3) is 5.56 Å². The number of sulfonamides is 1. The number of rotatable bonds is 6. The summed E-state index contributed by atoms with van der Waals surface area (Å²) in [5, 5.41) is 0.525. The van der Waals surface area contributed by atoms with E-state index < -0.39 is 22.1 Å². The molecule has 11 heteroatoms. The number of benzene rings is 1. The van der Waals surface area contributed by atoms with Crippen molar-refractivity contribution in [1.29, 1.82) is 0 Å². The van der Waals surface area contributed by atoms with Crippen molar-refractivity contribution in [2.45, 2.75) is 31.8 Å². The molecule has 0 bridgehead atoms. The largest absolute Gasteiger partial charge is 0.495 e. The third-order valence-corrected chi connectivity index (χ3v) is 7.22. The normalized spacial score (nSPS) is 12.7. The van der Waals surface area contributed by atoms with Crippen molar-refractivity contribution < 1.29 is 22.7 Å². The number of aromatic nitrogens is 2. The minimum Gasteiger partial charge on any atom is -0.495 e. The van der Waals surface area contributed by atoms with Crippen molar-refractivity contribution in [3.05, 3.63) is 50.4 Å². The van der Waals surface area contributed by atoms with Gasteiger partial charge in [-0.15, -0.1) is 11.3 Å². The molecule has 2 N–H and O–H groups in total. The number of hydrogen-bond acceptors (Lipinski definition) is 8. The molecular formula is C19H21N3O6S2. The first-order valence-corrected chi connectivity index (χ1v) is 11.2. The van der Waals surface area contributed by atoms with Gasteiger partial charge in [0.05, 0.1) is 18.1 Å². The lowest BCUT2D eigenvalue weighted by Gasteiger charge is -2.14. The molecule has 0 aliphatic heterocycles. The van der Waals surface area contributed by atoms with E-state index in [0.717, 1.165) is 10.4 Å². The molecule has 0 saturated carbocycles. The second-order valence-corrected chi connectivity index (χ2v) is 9.59. The highest BCUT2D eigenvalue weighted by Gasteiger charge is 2.23. The van der Waals surface area contributed by atoms with E-state index in [-0.39, 0.29) is 27.6 Å². The van der Waals surface area contributed by atoms with Gasteiger partial charge in [0.2, 0.25) is 10.0 Å². The van der Waals surface area contributed by atoms with Gasteiger partial charge in [0.15, 0.2) is 11.9 Å². The van der Waals surface area contributed by atoms with Gasteiger partial charge >= 0.3 is 5.97 Å². The summed E-state index contributed by atoms with van der Waals surface area (Å²) in [6, 6.07) is 3.94. The van der Waals surface area contributed by atoms with Crippen molar-refractivity contribution in [2.24, 2.45) is 0 Å². The number of fused-ring (bicyclic) bond motifs is 1. The Bertz CT molecular complexity index is 1290. The van der Waals surface area contributed by atoms with Gasteiger partial charge in [-0.3, -0.25) is 4.79 Å². The van der Waals surface area contributed by atoms with Gasteiger partial charge in [-0.1, -0.05) is 0 Å². The van der Waals surface area contributed by atoms with Crippen LogP contribution in [0.3, 0.4) is 0 Å². The van der Waals surface area contributed by atoms with E-state index in [9.17, 15) is 18.0 Å². The summed E-state index contributed by atoms with van der Waals surface area (Å²) in [6.45, 7) is 5.34. The molecule has 0 radical (unpaired) electrons. The van der Waals surface area contributed by atoms with Crippen LogP contribution in [0.15, 0.2) is 27.9 Å². The molecule has 2 aromatic heterocycles. The number of nitrogens with zero attached hydrogens (tertiary/aromatic N) is 1. The maximum atomic E-state index is 12.6. The first kappa shape index (κ1) is 21.9. The lowest BCUT2D eigenvalue weighted by Crippen LogP contribution is -2.20. The number of thiophene rings is 1. The second kappa shape index (κ2) is 8.17. The lowest BCUT2D eigenvalue weighted by molar-refractivity contribution is 0.0319. The van der Waals surface area contributed by atoms with Crippen LogP contribution in [0, 0.1) is 13.8 Å². The first-order chi connectivity index (χ1) is 14.1. The quantitative estimate of drug-likeness (QED) is 0.551. The van der Waals surface area contributed by atoms with Crippen molar-refractivity contribution in [2.75, 3.05) is 14.2 Å². The Morgan fingerprint density at radius 3 is 2.63 bits per heavy atom. The summed E-state index contributed by atoms with van der Waals surface area (Å²) in [4.78, 5) is 33.5. The molecule has 30 heavy (non-hydrogen) atoms. The Labute approximate surface area is 177 Å². The number of esters is 1. The Morgan fingerprint density at radius 2 is 2.00 bits per heavy atom. The monoisotopic (exact) mass is 451 g/mol. The molecule has 0 unspecified atom stereocenters. The highest BCUT2D eigenvalue weighted by molar-refractivity contribution is 7.89. The van der Waals surface area contributed by atoms with E-state index in [0.29, 0.717) is 10.2 Å². The van der Waals surface area contributed by atoms with Crippen LogP contribution in [0.5, 0.6) is 5.75 Å². The van der Waals surface area contributed by atoms with Gasteiger partial charge in [0, 0.05) is 4.88 Å². The van der Waals surface area contributed by atoms with Gasteiger partial charge in [0.1, 0.15) is 15.5 Å². The first-order valence-electron chi connectivity index (χ1n) is 8.91. The molecule has 0 amide bonds. The summed E-state index contributed by atoms with van der Waals surface area (Å²) < 4.78 is 37.1. The number of ether oxygens (including phenoxy) is 2. The predicted molar refractivity (Wildman–Crippen MR) is 113 cm³/mol. The number of aryl methyl sites for hydroxylation is 2. The van der Waals surface area contributed by atoms with E-state index >= 15 is 0 Å². The summed E-state index contributed by atoms with van der Waals surface area (Å²) in [6.07, 6.45) is -0.858. The summed E-state index contributed by atoms with van der Waals surface area (Å²) in [5.74, 6) is -0.466. The third-order valence-electron chi connectivity index (χ3n) is 4.68. The molecule has 0 spiro atoms. The van der Waals surface area contributed by atoms with E-state index in [2.05, 4.69) is 14.7 Å². The fraction of sp³-hybridized carbons (Fsp3) is 0.316. The van der Waals surface area contributed by atoms with E-state index in [4.69, 9.17) is 9.47 Å². The zero-order chi connectivity index (χ0) is 22.2. The molecular weight excluding hydrogens is 430 g/mol. The number of methoxy groups -OCH3 is 1. The fourth-order valence-corrected chi connectivity index (χ4v) is 4.83. The van der Waals surface area contributed by atoms with E-state index in [1.54, 1.807) is 6.92 Å². The maximum absolute atomic E-state index is 12.6. The summed E-state index contributed by atoms with van der Waals surface area (Å²) in [5.41, 5.74) is 0.589. The highest BCUT2D eigenvalue weighted by Crippen LogP contribution is 2.28. The number of carbonyl (C=O) groups is 1. The van der Waals surface area contributed by atoms with E-state index in [1.165, 1.54) is 43.7 Å². The molecule has 0 aliphatic carbocycles. The van der Waals surface area contributed by atoms with Crippen molar-refractivity contribution >= 4 is 37.5 Å². The second-order valence-electron chi connectivity index (χ2n) is 6.54. The molecule has 0 fully saturated rings. The number of hydrogen-bond donors (Lipinski definition) is 2. The molecule has 0 saturated heterocycles. The van der Waals surface area contributed by atoms with Gasteiger partial charge in [-0.25, -0.2) is 22.9 Å². The average Bonchev–Trinajstić information content (AvgIpc) is 3.01. The Morgan fingerprint density at radius 1 is 1.30 bits per heavy atom. The Kier molecular flexibility index (Phi) is 5.97. The minimum absolute atomic E-state index is 0.0164. The third kappa shape index (κ3) is 3.95. The van der Waals surface area contributed by atoms with Gasteiger partial charge in [-0.2, -0.15) is 0 Å². The SMILES string of the molecule is CNS(=O)(=O)c1cc(C(=O)O[C@@H](C)c2nc3sc(C)c(C)c3c(=O)[nH]2)ccc1OC. The zero-order valence-electron chi connectivity index (χ0n) is 17.0. The van der Waals surface area contributed by atoms with Crippen LogP contribution in [-0.2, 0) is 14.8 Å². The number of aromatic amines is 1. The average molecular weight is 452 g/mol. The van der Waals surface area contributed by atoms with Crippen LogP contribution in [0.4, 0.5) is 0 Å². The fourth-order valence-electron chi connectivity index (χ4n) is 2.87. The molecule has 2 heterocycles. The van der Waals surface area contributed by atoms with E-state index in [1.807, 2.05) is 13.8 Å². The van der Waals surface area contributed by atoms with Gasteiger partial charge < -0.3 is 14.5 Å². The molecule has 1 aromatic carbocycles.